The van der Waals surface area contributed by atoms with Crippen molar-refractivity contribution < 1.29 is 18.7 Å². The van der Waals surface area contributed by atoms with Crippen LogP contribution in [-0.4, -0.2) is 62.7 Å². The fourth-order valence-corrected chi connectivity index (χ4v) is 3.23. The fraction of sp³-hybridized carbons (Fsp3) is 0.381. The average Bonchev–Trinajstić information content (AvgIpc) is 2.72. The lowest BCUT2D eigenvalue weighted by Crippen LogP contribution is -2.49. The molecule has 5 nitrogen and oxygen atoms in total. The minimum atomic E-state index is -0.208. The number of ether oxygens (including phenoxy) is 2. The molecule has 2 aromatic rings. The summed E-state index contributed by atoms with van der Waals surface area (Å²) in [5, 5.41) is 0. The molecule has 3 rings (SSSR count). The lowest BCUT2D eigenvalue weighted by molar-refractivity contribution is 0.0638. The zero-order valence-corrected chi connectivity index (χ0v) is 15.8. The van der Waals surface area contributed by atoms with E-state index >= 15 is 0 Å². The molecule has 1 aliphatic heterocycles. The summed E-state index contributed by atoms with van der Waals surface area (Å²) in [6, 6.07) is 11.9. The number of benzene rings is 2. The van der Waals surface area contributed by atoms with Crippen LogP contribution in [0.5, 0.6) is 11.5 Å². The Balaban J connectivity index is 1.54. The number of rotatable bonds is 6. The summed E-state index contributed by atoms with van der Waals surface area (Å²) in [6.07, 6.45) is 0.876. The molecular weight excluding hydrogens is 347 g/mol. The molecule has 6 heteroatoms. The van der Waals surface area contributed by atoms with Crippen LogP contribution in [0, 0.1) is 5.82 Å². The van der Waals surface area contributed by atoms with Crippen molar-refractivity contribution in [2.75, 3.05) is 46.9 Å². The lowest BCUT2D eigenvalue weighted by Gasteiger charge is -2.34. The van der Waals surface area contributed by atoms with Gasteiger partial charge in [0.1, 0.15) is 17.3 Å². The van der Waals surface area contributed by atoms with Crippen LogP contribution in [0.4, 0.5) is 4.39 Å². The van der Waals surface area contributed by atoms with Crippen LogP contribution in [0.25, 0.3) is 0 Å². The van der Waals surface area contributed by atoms with Gasteiger partial charge >= 0.3 is 0 Å². The smallest absolute Gasteiger partial charge is 0.254 e. The predicted octanol–water partition coefficient (Wildman–Crippen LogP) is 2.84. The largest absolute Gasteiger partial charge is 0.497 e. The number of nitrogens with zero attached hydrogens (tertiary/aromatic N) is 2. The standard InChI is InChI=1S/C21H25FN2O3/c1-26-19-13-17(14-20(15-19)27-2)21(25)24-11-9-23(10-12-24)8-7-16-3-5-18(22)6-4-16/h3-6,13-15H,7-12H2,1-2H3. The Bertz CT molecular complexity index is 749. The Hall–Kier alpha value is -2.60. The number of hydrogen-bond donors (Lipinski definition) is 0. The number of piperazine rings is 1. The zero-order chi connectivity index (χ0) is 19.2. The Labute approximate surface area is 159 Å². The number of halogens is 1. The van der Waals surface area contributed by atoms with Gasteiger partial charge in [0.25, 0.3) is 5.91 Å². The van der Waals surface area contributed by atoms with Crippen molar-refractivity contribution in [3.63, 3.8) is 0 Å². The van der Waals surface area contributed by atoms with Crippen molar-refractivity contribution in [2.45, 2.75) is 6.42 Å². The molecule has 0 N–H and O–H groups in total. The van der Waals surface area contributed by atoms with Crippen LogP contribution < -0.4 is 9.47 Å². The Morgan fingerprint density at radius 3 is 2.11 bits per heavy atom. The molecule has 0 spiro atoms. The summed E-state index contributed by atoms with van der Waals surface area (Å²) in [5.74, 6) is 0.997. The van der Waals surface area contributed by atoms with Gasteiger partial charge in [0, 0.05) is 44.4 Å². The third-order valence-corrected chi connectivity index (χ3v) is 4.89. The van der Waals surface area contributed by atoms with Crippen LogP contribution in [0.3, 0.4) is 0 Å². The van der Waals surface area contributed by atoms with Gasteiger partial charge in [-0.25, -0.2) is 4.39 Å². The maximum Gasteiger partial charge on any atom is 0.254 e. The SMILES string of the molecule is COc1cc(OC)cc(C(=O)N2CCN(CCc3ccc(F)cc3)CC2)c1. The number of amides is 1. The van der Waals surface area contributed by atoms with E-state index in [0.717, 1.165) is 31.6 Å². The third kappa shape index (κ3) is 4.98. The molecule has 1 amide bonds. The van der Waals surface area contributed by atoms with Crippen molar-refractivity contribution in [1.82, 2.24) is 9.80 Å². The summed E-state index contributed by atoms with van der Waals surface area (Å²) < 4.78 is 23.5. The lowest BCUT2D eigenvalue weighted by atomic mass is 10.1. The first-order valence-electron chi connectivity index (χ1n) is 9.08. The highest BCUT2D eigenvalue weighted by atomic mass is 19.1. The molecule has 0 bridgehead atoms. The number of methoxy groups -OCH3 is 2. The van der Waals surface area contributed by atoms with Crippen LogP contribution in [0.1, 0.15) is 15.9 Å². The molecule has 0 saturated carbocycles. The summed E-state index contributed by atoms with van der Waals surface area (Å²) in [7, 11) is 3.14. The zero-order valence-electron chi connectivity index (χ0n) is 15.8. The van der Waals surface area contributed by atoms with Gasteiger partial charge in [-0.05, 0) is 36.2 Å². The van der Waals surface area contributed by atoms with Gasteiger partial charge in [-0.2, -0.15) is 0 Å². The molecule has 0 radical (unpaired) electrons. The first-order valence-corrected chi connectivity index (χ1v) is 9.08. The Morgan fingerprint density at radius 1 is 0.963 bits per heavy atom. The highest BCUT2D eigenvalue weighted by Crippen LogP contribution is 2.23. The van der Waals surface area contributed by atoms with Gasteiger partial charge in [0.15, 0.2) is 0 Å². The van der Waals surface area contributed by atoms with Gasteiger partial charge in [-0.3, -0.25) is 9.69 Å². The molecule has 0 aromatic heterocycles. The quantitative estimate of drug-likeness (QED) is 0.782. The van der Waals surface area contributed by atoms with Crippen molar-refractivity contribution in [1.29, 1.82) is 0 Å². The van der Waals surface area contributed by atoms with Crippen LogP contribution in [0.15, 0.2) is 42.5 Å². The van der Waals surface area contributed by atoms with Crippen molar-refractivity contribution in [3.8, 4) is 11.5 Å². The predicted molar refractivity (Wildman–Crippen MR) is 102 cm³/mol. The number of carbonyl (C=O) groups excluding carboxylic acids is 1. The topological polar surface area (TPSA) is 42.0 Å². The first-order chi connectivity index (χ1) is 13.1. The van der Waals surface area contributed by atoms with Crippen molar-refractivity contribution >= 4 is 5.91 Å². The van der Waals surface area contributed by atoms with Gasteiger partial charge in [-0.1, -0.05) is 12.1 Å². The maximum atomic E-state index is 13.0. The number of hydrogen-bond acceptors (Lipinski definition) is 4. The van der Waals surface area contributed by atoms with Gasteiger partial charge < -0.3 is 14.4 Å². The van der Waals surface area contributed by atoms with E-state index in [0.29, 0.717) is 30.2 Å². The molecule has 0 aliphatic carbocycles. The molecule has 1 aliphatic rings. The van der Waals surface area contributed by atoms with E-state index in [1.165, 1.54) is 12.1 Å². The molecule has 144 valence electrons. The molecule has 27 heavy (non-hydrogen) atoms. The Kier molecular flexibility index (Phi) is 6.29. The van der Waals surface area contributed by atoms with E-state index in [-0.39, 0.29) is 11.7 Å². The van der Waals surface area contributed by atoms with Crippen LogP contribution >= 0.6 is 0 Å². The molecule has 0 unspecified atom stereocenters. The molecular formula is C21H25FN2O3. The Morgan fingerprint density at radius 2 is 1.56 bits per heavy atom. The molecule has 1 fully saturated rings. The van der Waals surface area contributed by atoms with Crippen molar-refractivity contribution in [2.24, 2.45) is 0 Å². The van der Waals surface area contributed by atoms with Gasteiger partial charge in [0.2, 0.25) is 0 Å². The second-order valence-corrected chi connectivity index (χ2v) is 6.61. The van der Waals surface area contributed by atoms with Gasteiger partial charge in [-0.15, -0.1) is 0 Å². The third-order valence-electron chi connectivity index (χ3n) is 4.89. The summed E-state index contributed by atoms with van der Waals surface area (Å²) in [6.45, 7) is 3.92. The normalized spacial score (nSPS) is 14.9. The second kappa shape index (κ2) is 8.86. The van der Waals surface area contributed by atoms with E-state index < -0.39 is 0 Å². The maximum absolute atomic E-state index is 13.0. The molecule has 1 heterocycles. The van der Waals surface area contributed by atoms with Crippen LogP contribution in [0.2, 0.25) is 0 Å². The molecule has 1 saturated heterocycles. The summed E-state index contributed by atoms with van der Waals surface area (Å²) in [5.41, 5.74) is 1.70. The van der Waals surface area contributed by atoms with E-state index in [1.54, 1.807) is 32.4 Å². The number of carbonyl (C=O) groups is 1. The van der Waals surface area contributed by atoms with E-state index in [4.69, 9.17) is 9.47 Å². The summed E-state index contributed by atoms with van der Waals surface area (Å²) >= 11 is 0. The highest BCUT2D eigenvalue weighted by Gasteiger charge is 2.23. The summed E-state index contributed by atoms with van der Waals surface area (Å²) in [4.78, 5) is 17.0. The molecule has 2 aromatic carbocycles. The first kappa shape index (κ1) is 19.2. The van der Waals surface area contributed by atoms with E-state index in [9.17, 15) is 9.18 Å². The van der Waals surface area contributed by atoms with E-state index in [2.05, 4.69) is 4.90 Å². The second-order valence-electron chi connectivity index (χ2n) is 6.61. The van der Waals surface area contributed by atoms with Crippen LogP contribution in [-0.2, 0) is 6.42 Å². The highest BCUT2D eigenvalue weighted by molar-refractivity contribution is 5.95. The molecule has 0 atom stereocenters. The monoisotopic (exact) mass is 372 g/mol. The van der Waals surface area contributed by atoms with Crippen molar-refractivity contribution in [3.05, 3.63) is 59.4 Å². The van der Waals surface area contributed by atoms with E-state index in [1.807, 2.05) is 17.0 Å². The fourth-order valence-electron chi connectivity index (χ4n) is 3.23. The van der Waals surface area contributed by atoms with Gasteiger partial charge in [0.05, 0.1) is 14.2 Å². The minimum Gasteiger partial charge on any atom is -0.497 e. The minimum absolute atomic E-state index is 0.00890. The average molecular weight is 372 g/mol.